The third-order valence-corrected chi connectivity index (χ3v) is 9.93. The number of aliphatic hydroxyl groups is 1. The van der Waals surface area contributed by atoms with Crippen molar-refractivity contribution >= 4 is 29.5 Å². The third kappa shape index (κ3) is 3.67. The van der Waals surface area contributed by atoms with Crippen LogP contribution in [0, 0.1) is 17.8 Å². The van der Waals surface area contributed by atoms with Crippen LogP contribution >= 0.6 is 11.8 Å². The van der Waals surface area contributed by atoms with Gasteiger partial charge in [0.1, 0.15) is 6.04 Å². The lowest BCUT2D eigenvalue weighted by atomic mass is 9.66. The van der Waals surface area contributed by atoms with Crippen LogP contribution in [0.25, 0.3) is 0 Å². The quantitative estimate of drug-likeness (QED) is 0.495. The van der Waals surface area contributed by atoms with Crippen LogP contribution in [0.3, 0.4) is 0 Å². The van der Waals surface area contributed by atoms with Gasteiger partial charge in [-0.2, -0.15) is 0 Å². The number of amides is 3. The Bertz CT molecular complexity index is 734. The minimum atomic E-state index is -0.670. The number of carbonyl (C=O) groups is 3. The topological polar surface area (TPSA) is 98.7 Å². The van der Waals surface area contributed by atoms with Gasteiger partial charge in [-0.25, -0.2) is 0 Å². The minimum Gasteiger partial charge on any atom is -0.394 e. The summed E-state index contributed by atoms with van der Waals surface area (Å²) in [4.78, 5) is 42.2. The van der Waals surface area contributed by atoms with Crippen molar-refractivity contribution in [3.05, 3.63) is 0 Å². The largest absolute Gasteiger partial charge is 0.394 e. The molecule has 3 unspecified atom stereocenters. The van der Waals surface area contributed by atoms with E-state index in [0.717, 1.165) is 32.1 Å². The van der Waals surface area contributed by atoms with Gasteiger partial charge in [0.25, 0.3) is 0 Å². The number of carbonyl (C=O) groups excluding carboxylic acids is 3. The highest BCUT2D eigenvalue weighted by Crippen LogP contribution is 2.71. The first kappa shape index (κ1) is 24.4. The molecule has 3 heterocycles. The number of nitrogens with zero attached hydrogens (tertiary/aromatic N) is 1. The van der Waals surface area contributed by atoms with Gasteiger partial charge in [0.15, 0.2) is 0 Å². The minimum absolute atomic E-state index is 0.00926. The van der Waals surface area contributed by atoms with Gasteiger partial charge in [-0.3, -0.25) is 14.4 Å². The standard InChI is InChI=1S/C23H39N3O4S/c1-7-9-14(4)25-20(29)18-23-11-10-22(5,31-23)16(19(28)24-6)17(23)21(30)26(18)15(12-27)13(3)8-2/h13-18,27H,7-12H2,1-6H3,(H,24,28)(H,25,29)/t13-,14?,15-,16-,17-,18?,22+,23?/m0/s1. The van der Waals surface area contributed by atoms with Gasteiger partial charge in [-0.05, 0) is 39.0 Å². The van der Waals surface area contributed by atoms with Gasteiger partial charge in [-0.1, -0.05) is 33.6 Å². The first-order chi connectivity index (χ1) is 14.6. The number of likely N-dealkylation sites (tertiary alicyclic amines) is 1. The Morgan fingerprint density at radius 2 is 1.94 bits per heavy atom. The molecule has 0 aliphatic carbocycles. The number of nitrogens with one attached hydrogen (secondary N) is 2. The smallest absolute Gasteiger partial charge is 0.244 e. The fraction of sp³-hybridized carbons (Fsp3) is 0.870. The molecule has 3 rings (SSSR count). The van der Waals surface area contributed by atoms with E-state index in [4.69, 9.17) is 0 Å². The van der Waals surface area contributed by atoms with E-state index in [1.54, 1.807) is 23.7 Å². The van der Waals surface area contributed by atoms with Crippen LogP contribution in [0.5, 0.6) is 0 Å². The monoisotopic (exact) mass is 453 g/mol. The molecule has 8 atom stereocenters. The van der Waals surface area contributed by atoms with Crippen LogP contribution in [-0.4, -0.2) is 69.0 Å². The maximum absolute atomic E-state index is 13.9. The van der Waals surface area contributed by atoms with E-state index >= 15 is 0 Å². The molecule has 3 amide bonds. The second kappa shape index (κ2) is 8.93. The van der Waals surface area contributed by atoms with Crippen molar-refractivity contribution in [3.8, 4) is 0 Å². The van der Waals surface area contributed by atoms with Gasteiger partial charge in [0.2, 0.25) is 17.7 Å². The highest BCUT2D eigenvalue weighted by molar-refractivity contribution is 8.02. The Morgan fingerprint density at radius 3 is 2.48 bits per heavy atom. The molecular weight excluding hydrogens is 414 g/mol. The molecule has 8 heteroatoms. The SMILES string of the molecule is CCCC(C)NC(=O)C1N([C@@H](CO)[C@@H](C)CC)C(=O)[C@@H]2[C@@H](C(=O)NC)[C@@]3(C)CCC12S3. The summed E-state index contributed by atoms with van der Waals surface area (Å²) in [7, 11) is 1.61. The van der Waals surface area contributed by atoms with Crippen LogP contribution < -0.4 is 10.6 Å². The van der Waals surface area contributed by atoms with Crippen LogP contribution in [0.4, 0.5) is 0 Å². The molecule has 0 aromatic heterocycles. The van der Waals surface area contributed by atoms with E-state index in [1.165, 1.54) is 0 Å². The first-order valence-corrected chi connectivity index (χ1v) is 12.6. The molecule has 3 aliphatic rings. The average Bonchev–Trinajstić information content (AvgIpc) is 3.29. The predicted octanol–water partition coefficient (Wildman–Crippen LogP) is 1.93. The van der Waals surface area contributed by atoms with Crippen molar-refractivity contribution in [2.75, 3.05) is 13.7 Å². The Labute approximate surface area is 190 Å². The molecule has 2 bridgehead atoms. The fourth-order valence-electron chi connectivity index (χ4n) is 6.22. The van der Waals surface area contributed by atoms with Crippen LogP contribution in [0.1, 0.15) is 66.7 Å². The van der Waals surface area contributed by atoms with Gasteiger partial charge in [-0.15, -0.1) is 11.8 Å². The Morgan fingerprint density at radius 1 is 1.26 bits per heavy atom. The number of aliphatic hydroxyl groups excluding tert-OH is 1. The molecule has 3 N–H and O–H groups in total. The number of fused-ring (bicyclic) bond motifs is 1. The Balaban J connectivity index is 2.08. The van der Waals surface area contributed by atoms with Crippen LogP contribution in [-0.2, 0) is 14.4 Å². The lowest BCUT2D eigenvalue weighted by molar-refractivity contribution is -0.144. The van der Waals surface area contributed by atoms with E-state index in [9.17, 15) is 19.5 Å². The maximum atomic E-state index is 13.9. The lowest BCUT2D eigenvalue weighted by Gasteiger charge is -2.39. The van der Waals surface area contributed by atoms with E-state index in [0.29, 0.717) is 0 Å². The normalized spacial score (nSPS) is 36.8. The number of hydrogen-bond donors (Lipinski definition) is 3. The highest BCUT2D eigenvalue weighted by atomic mass is 32.2. The molecule has 1 spiro atoms. The molecular formula is C23H39N3O4S. The number of rotatable bonds is 9. The van der Waals surface area contributed by atoms with Crippen LogP contribution in [0.15, 0.2) is 0 Å². The van der Waals surface area contributed by atoms with Crippen molar-refractivity contribution in [1.29, 1.82) is 0 Å². The second-order valence-electron chi connectivity index (χ2n) is 9.92. The average molecular weight is 454 g/mol. The van der Waals surface area contributed by atoms with E-state index in [2.05, 4.69) is 24.5 Å². The van der Waals surface area contributed by atoms with E-state index in [1.807, 2.05) is 20.8 Å². The zero-order valence-corrected chi connectivity index (χ0v) is 20.6. The third-order valence-electron chi connectivity index (χ3n) is 7.95. The summed E-state index contributed by atoms with van der Waals surface area (Å²) in [5.41, 5.74) is 0. The molecule has 3 aliphatic heterocycles. The summed E-state index contributed by atoms with van der Waals surface area (Å²) in [6.45, 7) is 9.98. The molecule has 3 saturated heterocycles. The maximum Gasteiger partial charge on any atom is 0.244 e. The first-order valence-electron chi connectivity index (χ1n) is 11.8. The van der Waals surface area contributed by atoms with Crippen molar-refractivity contribution in [2.45, 2.75) is 94.3 Å². The molecule has 3 fully saturated rings. The molecule has 176 valence electrons. The predicted molar refractivity (Wildman–Crippen MR) is 122 cm³/mol. The van der Waals surface area contributed by atoms with Crippen molar-refractivity contribution in [2.24, 2.45) is 17.8 Å². The molecule has 0 saturated carbocycles. The summed E-state index contributed by atoms with van der Waals surface area (Å²) in [5.74, 6) is -1.37. The van der Waals surface area contributed by atoms with Crippen molar-refractivity contribution in [1.82, 2.24) is 15.5 Å². The van der Waals surface area contributed by atoms with E-state index in [-0.39, 0.29) is 41.0 Å². The molecule has 0 aromatic rings. The molecule has 0 aromatic carbocycles. The van der Waals surface area contributed by atoms with Crippen LogP contribution in [0.2, 0.25) is 0 Å². The molecule has 7 nitrogen and oxygen atoms in total. The number of thioether (sulfide) groups is 1. The van der Waals surface area contributed by atoms with E-state index < -0.39 is 28.7 Å². The summed E-state index contributed by atoms with van der Waals surface area (Å²) in [5, 5.41) is 16.2. The number of hydrogen-bond acceptors (Lipinski definition) is 5. The zero-order valence-electron chi connectivity index (χ0n) is 19.7. The van der Waals surface area contributed by atoms with Gasteiger partial charge in [0, 0.05) is 17.8 Å². The zero-order chi connectivity index (χ0) is 23.1. The second-order valence-corrected chi connectivity index (χ2v) is 11.8. The summed E-state index contributed by atoms with van der Waals surface area (Å²) < 4.78 is -0.981. The summed E-state index contributed by atoms with van der Waals surface area (Å²) in [6, 6.07) is -1.10. The summed E-state index contributed by atoms with van der Waals surface area (Å²) >= 11 is 1.67. The summed E-state index contributed by atoms with van der Waals surface area (Å²) in [6.07, 6.45) is 4.14. The fourth-order valence-corrected chi connectivity index (χ4v) is 8.56. The molecule has 31 heavy (non-hydrogen) atoms. The van der Waals surface area contributed by atoms with Gasteiger partial charge >= 0.3 is 0 Å². The Kier molecular flexibility index (Phi) is 7.02. The van der Waals surface area contributed by atoms with Crippen molar-refractivity contribution in [3.63, 3.8) is 0 Å². The van der Waals surface area contributed by atoms with Gasteiger partial charge in [0.05, 0.1) is 29.2 Å². The highest BCUT2D eigenvalue weighted by Gasteiger charge is 2.77. The Hall–Kier alpha value is -1.28. The van der Waals surface area contributed by atoms with Gasteiger partial charge < -0.3 is 20.6 Å². The molecule has 0 radical (unpaired) electrons. The lowest BCUT2D eigenvalue weighted by Crippen LogP contribution is -2.58. The van der Waals surface area contributed by atoms with Crippen molar-refractivity contribution < 1.29 is 19.5 Å².